The van der Waals surface area contributed by atoms with E-state index in [-0.39, 0.29) is 18.8 Å². The number of methoxy groups -OCH3 is 1. The van der Waals surface area contributed by atoms with Gasteiger partial charge in [0.15, 0.2) is 18.1 Å². The van der Waals surface area contributed by atoms with Crippen molar-refractivity contribution in [1.29, 1.82) is 5.26 Å². The van der Waals surface area contributed by atoms with Crippen molar-refractivity contribution in [2.75, 3.05) is 25.6 Å². The third kappa shape index (κ3) is 6.26. The minimum absolute atomic E-state index is 0.100. The van der Waals surface area contributed by atoms with Crippen LogP contribution in [0, 0.1) is 18.3 Å². The first-order valence-electron chi connectivity index (χ1n) is 9.03. The number of halogens is 1. The number of carbonyl (C=O) groups is 2. The van der Waals surface area contributed by atoms with Crippen molar-refractivity contribution in [1.82, 2.24) is 0 Å². The van der Waals surface area contributed by atoms with Crippen molar-refractivity contribution in [2.45, 2.75) is 13.8 Å². The first-order valence-corrected chi connectivity index (χ1v) is 9.41. The van der Waals surface area contributed by atoms with Gasteiger partial charge in [-0.05, 0) is 55.3 Å². The van der Waals surface area contributed by atoms with Gasteiger partial charge in [-0.3, -0.25) is 4.79 Å². The zero-order chi connectivity index (χ0) is 22.1. The molecule has 0 bridgehead atoms. The summed E-state index contributed by atoms with van der Waals surface area (Å²) in [5, 5.41) is 12.6. The second-order valence-electron chi connectivity index (χ2n) is 6.09. The summed E-state index contributed by atoms with van der Waals surface area (Å²) >= 11 is 5.97. The molecule has 0 saturated carbocycles. The summed E-state index contributed by atoms with van der Waals surface area (Å²) in [6.07, 6.45) is 1.42. The highest BCUT2D eigenvalue weighted by molar-refractivity contribution is 6.31. The zero-order valence-electron chi connectivity index (χ0n) is 16.8. The molecule has 2 rings (SSSR count). The van der Waals surface area contributed by atoms with Crippen LogP contribution < -0.4 is 14.8 Å². The fraction of sp³-hybridized carbons (Fsp3) is 0.227. The largest absolute Gasteiger partial charge is 0.493 e. The first-order chi connectivity index (χ1) is 14.4. The summed E-state index contributed by atoms with van der Waals surface area (Å²) in [6.45, 7) is 3.53. The molecule has 156 valence electrons. The number of amides is 1. The van der Waals surface area contributed by atoms with Crippen molar-refractivity contribution >= 4 is 35.2 Å². The maximum absolute atomic E-state index is 12.5. The number of nitrogens with zero attached hydrogens (tertiary/aromatic N) is 1. The molecule has 0 aliphatic rings. The molecule has 0 saturated heterocycles. The number of ether oxygens (including phenoxy) is 3. The summed E-state index contributed by atoms with van der Waals surface area (Å²) in [4.78, 5) is 24.0. The Balaban J connectivity index is 2.20. The van der Waals surface area contributed by atoms with Crippen molar-refractivity contribution in [3.05, 3.63) is 58.1 Å². The Morgan fingerprint density at radius 2 is 1.97 bits per heavy atom. The molecule has 0 aliphatic carbocycles. The lowest BCUT2D eigenvalue weighted by Crippen LogP contribution is -2.15. The number of aryl methyl sites for hydroxylation is 1. The molecule has 1 N–H and O–H groups in total. The molecule has 0 aromatic heterocycles. The van der Waals surface area contributed by atoms with Crippen LogP contribution in [-0.4, -0.2) is 32.2 Å². The van der Waals surface area contributed by atoms with Gasteiger partial charge in [0.2, 0.25) is 0 Å². The van der Waals surface area contributed by atoms with Crippen LogP contribution in [0.2, 0.25) is 5.02 Å². The van der Waals surface area contributed by atoms with Gasteiger partial charge in [-0.15, -0.1) is 0 Å². The molecule has 7 nitrogen and oxygen atoms in total. The Labute approximate surface area is 179 Å². The van der Waals surface area contributed by atoms with E-state index < -0.39 is 11.9 Å². The van der Waals surface area contributed by atoms with Gasteiger partial charge < -0.3 is 19.5 Å². The van der Waals surface area contributed by atoms with Gasteiger partial charge in [0.05, 0.1) is 13.7 Å². The van der Waals surface area contributed by atoms with Crippen LogP contribution in [0.5, 0.6) is 11.5 Å². The van der Waals surface area contributed by atoms with E-state index in [2.05, 4.69) is 5.32 Å². The minimum Gasteiger partial charge on any atom is -0.493 e. The van der Waals surface area contributed by atoms with Gasteiger partial charge in [-0.2, -0.15) is 5.26 Å². The molecule has 0 fully saturated rings. The predicted octanol–water partition coefficient (Wildman–Crippen LogP) is 4.14. The number of benzene rings is 2. The Kier molecular flexibility index (Phi) is 8.27. The Morgan fingerprint density at radius 1 is 1.20 bits per heavy atom. The zero-order valence-corrected chi connectivity index (χ0v) is 17.6. The van der Waals surface area contributed by atoms with Crippen LogP contribution in [0.15, 0.2) is 42.0 Å². The van der Waals surface area contributed by atoms with Gasteiger partial charge in [0.1, 0.15) is 11.6 Å². The monoisotopic (exact) mass is 428 g/mol. The van der Waals surface area contributed by atoms with E-state index >= 15 is 0 Å². The number of rotatable bonds is 8. The van der Waals surface area contributed by atoms with E-state index in [1.165, 1.54) is 13.2 Å². The van der Waals surface area contributed by atoms with Crippen LogP contribution in [0.1, 0.15) is 18.1 Å². The van der Waals surface area contributed by atoms with Crippen LogP contribution in [0.4, 0.5) is 5.69 Å². The standard InChI is InChI=1S/C22H21ClN2O5/c1-4-29-21(26)13-30-19-8-6-15(10-20(19)28-3)9-16(12-24)22(27)25-18-11-17(23)7-5-14(18)2/h5-11H,4,13H2,1-3H3,(H,25,27)/b16-9+. The fourth-order valence-corrected chi connectivity index (χ4v) is 2.64. The molecule has 0 heterocycles. The molecule has 0 unspecified atom stereocenters. The van der Waals surface area contributed by atoms with Gasteiger partial charge in [-0.25, -0.2) is 4.79 Å². The third-order valence-corrected chi connectivity index (χ3v) is 4.20. The summed E-state index contributed by atoms with van der Waals surface area (Å²) in [7, 11) is 1.44. The highest BCUT2D eigenvalue weighted by atomic mass is 35.5. The second-order valence-corrected chi connectivity index (χ2v) is 6.52. The summed E-state index contributed by atoms with van der Waals surface area (Å²) in [5.74, 6) is -0.385. The van der Waals surface area contributed by atoms with Crippen molar-refractivity contribution in [3.8, 4) is 17.6 Å². The number of nitriles is 1. The van der Waals surface area contributed by atoms with Crippen LogP contribution >= 0.6 is 11.6 Å². The van der Waals surface area contributed by atoms with E-state index in [1.54, 1.807) is 43.3 Å². The molecule has 0 aliphatic heterocycles. The van der Waals surface area contributed by atoms with Crippen molar-refractivity contribution in [3.63, 3.8) is 0 Å². The van der Waals surface area contributed by atoms with Crippen LogP contribution in [0.25, 0.3) is 6.08 Å². The molecule has 8 heteroatoms. The number of hydrogen-bond donors (Lipinski definition) is 1. The van der Waals surface area contributed by atoms with E-state index in [0.717, 1.165) is 5.56 Å². The highest BCUT2D eigenvalue weighted by Gasteiger charge is 2.13. The minimum atomic E-state index is -0.565. The van der Waals surface area contributed by atoms with E-state index in [4.69, 9.17) is 25.8 Å². The maximum atomic E-state index is 12.5. The van der Waals surface area contributed by atoms with Gasteiger partial charge in [0.25, 0.3) is 5.91 Å². The van der Waals surface area contributed by atoms with E-state index in [0.29, 0.717) is 27.8 Å². The average Bonchev–Trinajstić information content (AvgIpc) is 2.73. The number of esters is 1. The van der Waals surface area contributed by atoms with Crippen molar-refractivity contribution in [2.24, 2.45) is 0 Å². The predicted molar refractivity (Wildman–Crippen MR) is 114 cm³/mol. The molecule has 0 spiro atoms. The van der Waals surface area contributed by atoms with Gasteiger partial charge >= 0.3 is 5.97 Å². The van der Waals surface area contributed by atoms with E-state index in [9.17, 15) is 14.9 Å². The van der Waals surface area contributed by atoms with Crippen LogP contribution in [0.3, 0.4) is 0 Å². The molecule has 0 radical (unpaired) electrons. The summed E-state index contributed by atoms with van der Waals surface area (Å²) in [6, 6.07) is 11.8. The molecule has 30 heavy (non-hydrogen) atoms. The molecule has 0 atom stereocenters. The Hall–Kier alpha value is -3.50. The lowest BCUT2D eigenvalue weighted by molar-refractivity contribution is -0.145. The second kappa shape index (κ2) is 10.9. The van der Waals surface area contributed by atoms with Gasteiger partial charge in [-0.1, -0.05) is 23.7 Å². The van der Waals surface area contributed by atoms with Crippen LogP contribution in [-0.2, 0) is 14.3 Å². The smallest absolute Gasteiger partial charge is 0.344 e. The Bertz CT molecular complexity index is 1010. The molecule has 2 aromatic carbocycles. The lowest BCUT2D eigenvalue weighted by Gasteiger charge is -2.11. The normalized spacial score (nSPS) is 10.7. The summed E-state index contributed by atoms with van der Waals surface area (Å²) < 4.78 is 15.5. The molecular weight excluding hydrogens is 408 g/mol. The topological polar surface area (TPSA) is 97.7 Å². The average molecular weight is 429 g/mol. The first kappa shape index (κ1) is 22.8. The molecule has 1 amide bonds. The maximum Gasteiger partial charge on any atom is 0.344 e. The SMILES string of the molecule is CCOC(=O)COc1ccc(/C=C(\C#N)C(=O)Nc2cc(Cl)ccc2C)cc1OC. The molecule has 2 aromatic rings. The van der Waals surface area contributed by atoms with Crippen molar-refractivity contribution < 1.29 is 23.8 Å². The highest BCUT2D eigenvalue weighted by Crippen LogP contribution is 2.29. The Morgan fingerprint density at radius 3 is 2.63 bits per heavy atom. The third-order valence-electron chi connectivity index (χ3n) is 3.96. The fourth-order valence-electron chi connectivity index (χ4n) is 2.47. The quantitative estimate of drug-likeness (QED) is 0.385. The summed E-state index contributed by atoms with van der Waals surface area (Å²) in [5.41, 5.74) is 1.78. The van der Waals surface area contributed by atoms with E-state index in [1.807, 2.05) is 13.0 Å². The lowest BCUT2D eigenvalue weighted by atomic mass is 10.1. The van der Waals surface area contributed by atoms with Gasteiger partial charge in [0, 0.05) is 10.7 Å². The molecular formula is C22H21ClN2O5. The number of hydrogen-bond acceptors (Lipinski definition) is 6. The number of nitrogens with one attached hydrogen (secondary N) is 1. The number of carbonyl (C=O) groups excluding carboxylic acids is 2. The number of anilines is 1.